The van der Waals surface area contributed by atoms with Crippen molar-refractivity contribution in [3.8, 4) is 11.5 Å². The van der Waals surface area contributed by atoms with E-state index in [1.165, 1.54) is 5.56 Å². The summed E-state index contributed by atoms with van der Waals surface area (Å²) in [6.45, 7) is 5.61. The van der Waals surface area contributed by atoms with Crippen molar-refractivity contribution in [1.29, 1.82) is 0 Å². The van der Waals surface area contributed by atoms with E-state index in [0.29, 0.717) is 37.3 Å². The third-order valence-electron chi connectivity index (χ3n) is 7.50. The minimum atomic E-state index is -1.16. The highest BCUT2D eigenvalue weighted by Crippen LogP contribution is 2.37. The number of H-pyrrole nitrogens is 1. The van der Waals surface area contributed by atoms with Gasteiger partial charge in [0.25, 0.3) is 0 Å². The SMILES string of the molecule is Cc1c[nH]c(C2=Cc3cc(OCCCC(C)(C)C(=O)Nc4c(F)cc(F)cc4F)ccc3OC2CCc2ccccc2)n1. The van der Waals surface area contributed by atoms with E-state index in [2.05, 4.69) is 33.5 Å². The van der Waals surface area contributed by atoms with E-state index < -0.39 is 34.5 Å². The number of rotatable bonds is 11. The Hall–Kier alpha value is -4.53. The van der Waals surface area contributed by atoms with Gasteiger partial charge in [-0.15, -0.1) is 0 Å². The highest BCUT2D eigenvalue weighted by Gasteiger charge is 2.29. The molecule has 5 rings (SSSR count). The zero-order chi connectivity index (χ0) is 30.6. The molecular weight excluding hydrogens is 555 g/mol. The number of carbonyl (C=O) groups excluding carboxylic acids is 1. The zero-order valence-electron chi connectivity index (χ0n) is 24.3. The number of anilines is 1. The van der Waals surface area contributed by atoms with Crippen LogP contribution in [0.1, 0.15) is 55.8 Å². The number of amides is 1. The van der Waals surface area contributed by atoms with Crippen molar-refractivity contribution < 1.29 is 27.4 Å². The first-order valence-corrected chi connectivity index (χ1v) is 14.3. The van der Waals surface area contributed by atoms with Gasteiger partial charge in [0, 0.05) is 34.9 Å². The number of nitrogens with one attached hydrogen (secondary N) is 2. The number of nitrogens with zero attached hydrogens (tertiary/aromatic N) is 1. The number of hydrogen-bond donors (Lipinski definition) is 2. The van der Waals surface area contributed by atoms with Gasteiger partial charge in [0.05, 0.1) is 12.3 Å². The average molecular weight is 590 g/mol. The van der Waals surface area contributed by atoms with Crippen LogP contribution in [-0.4, -0.2) is 28.6 Å². The van der Waals surface area contributed by atoms with Crippen molar-refractivity contribution in [1.82, 2.24) is 9.97 Å². The van der Waals surface area contributed by atoms with Crippen LogP contribution in [0.3, 0.4) is 0 Å². The van der Waals surface area contributed by atoms with E-state index in [1.807, 2.05) is 49.5 Å². The third kappa shape index (κ3) is 7.28. The van der Waals surface area contributed by atoms with Crippen LogP contribution in [0.15, 0.2) is 66.9 Å². The maximum atomic E-state index is 14.0. The molecule has 2 N–H and O–H groups in total. The lowest BCUT2D eigenvalue weighted by Crippen LogP contribution is -2.32. The fraction of sp³-hybridized carbons (Fsp3) is 0.294. The number of ether oxygens (including phenoxy) is 2. The number of aryl methyl sites for hydroxylation is 2. The second kappa shape index (κ2) is 12.8. The molecule has 1 aliphatic heterocycles. The van der Waals surface area contributed by atoms with Crippen molar-refractivity contribution in [3.63, 3.8) is 0 Å². The summed E-state index contributed by atoms with van der Waals surface area (Å²) in [5, 5.41) is 2.26. The van der Waals surface area contributed by atoms with Crippen molar-refractivity contribution in [2.24, 2.45) is 5.41 Å². The molecule has 0 spiro atoms. The Morgan fingerprint density at radius 3 is 2.51 bits per heavy atom. The first kappa shape index (κ1) is 29.9. The van der Waals surface area contributed by atoms with Crippen LogP contribution < -0.4 is 14.8 Å². The van der Waals surface area contributed by atoms with Gasteiger partial charge in [-0.2, -0.15) is 0 Å². The fourth-order valence-electron chi connectivity index (χ4n) is 5.01. The Balaban J connectivity index is 1.21. The van der Waals surface area contributed by atoms with E-state index in [9.17, 15) is 18.0 Å². The van der Waals surface area contributed by atoms with Crippen molar-refractivity contribution in [2.75, 3.05) is 11.9 Å². The largest absolute Gasteiger partial charge is 0.494 e. The molecular formula is C34H34F3N3O3. The quantitative estimate of drug-likeness (QED) is 0.175. The molecule has 0 saturated heterocycles. The fourth-order valence-corrected chi connectivity index (χ4v) is 5.01. The van der Waals surface area contributed by atoms with Gasteiger partial charge in [-0.05, 0) is 62.4 Å². The Morgan fingerprint density at radius 2 is 1.81 bits per heavy atom. The number of aromatic amines is 1. The smallest absolute Gasteiger partial charge is 0.230 e. The van der Waals surface area contributed by atoms with E-state index >= 15 is 0 Å². The third-order valence-corrected chi connectivity index (χ3v) is 7.50. The number of fused-ring (bicyclic) bond motifs is 1. The van der Waals surface area contributed by atoms with Crippen LogP contribution in [0.4, 0.5) is 18.9 Å². The molecule has 224 valence electrons. The van der Waals surface area contributed by atoms with Crippen molar-refractivity contribution >= 4 is 23.2 Å². The molecule has 1 aromatic heterocycles. The molecule has 0 radical (unpaired) electrons. The van der Waals surface area contributed by atoms with Gasteiger partial charge in [0.15, 0.2) is 11.6 Å². The molecule has 1 atom stereocenters. The van der Waals surface area contributed by atoms with E-state index in [-0.39, 0.29) is 6.10 Å². The molecule has 0 saturated carbocycles. The Morgan fingerprint density at radius 1 is 1.07 bits per heavy atom. The monoisotopic (exact) mass is 589 g/mol. The summed E-state index contributed by atoms with van der Waals surface area (Å²) in [4.78, 5) is 20.6. The Labute approximate surface area is 249 Å². The minimum absolute atomic E-state index is 0.171. The maximum absolute atomic E-state index is 14.0. The lowest BCUT2D eigenvalue weighted by molar-refractivity contribution is -0.124. The van der Waals surface area contributed by atoms with Gasteiger partial charge in [-0.25, -0.2) is 18.2 Å². The van der Waals surface area contributed by atoms with Crippen molar-refractivity contribution in [3.05, 3.63) is 107 Å². The van der Waals surface area contributed by atoms with E-state index in [1.54, 1.807) is 13.8 Å². The number of halogens is 3. The standard InChI is InChI=1S/C34H34F3N3O3/c1-21-20-38-32(39-21)26-17-23-16-25(11-13-29(23)43-30(26)12-10-22-8-5-4-6-9-22)42-15-7-14-34(2,3)33(41)40-31-27(36)18-24(35)19-28(31)37/h4-6,8-9,11,13,16-20,30H,7,10,12,14-15H2,1-3H3,(H,38,39)(H,40,41). The topological polar surface area (TPSA) is 76.2 Å². The summed E-state index contributed by atoms with van der Waals surface area (Å²) in [6.07, 6.45) is 6.33. The minimum Gasteiger partial charge on any atom is -0.494 e. The summed E-state index contributed by atoms with van der Waals surface area (Å²) < 4.78 is 53.6. The Kier molecular flexibility index (Phi) is 8.89. The summed E-state index contributed by atoms with van der Waals surface area (Å²) in [5.74, 6) is -1.77. The molecule has 0 bridgehead atoms. The van der Waals surface area contributed by atoms with Crippen LogP contribution in [0.25, 0.3) is 11.6 Å². The molecule has 0 fully saturated rings. The predicted octanol–water partition coefficient (Wildman–Crippen LogP) is 7.89. The van der Waals surface area contributed by atoms with Crippen LogP contribution in [0.2, 0.25) is 0 Å². The van der Waals surface area contributed by atoms with Crippen LogP contribution in [0.5, 0.6) is 11.5 Å². The van der Waals surface area contributed by atoms with Gasteiger partial charge in [-0.3, -0.25) is 4.79 Å². The molecule has 4 aromatic rings. The molecule has 0 aliphatic carbocycles. The van der Waals surface area contributed by atoms with Gasteiger partial charge in [-0.1, -0.05) is 44.2 Å². The number of hydrogen-bond acceptors (Lipinski definition) is 4. The highest BCUT2D eigenvalue weighted by molar-refractivity contribution is 5.95. The summed E-state index contributed by atoms with van der Waals surface area (Å²) in [5.41, 5.74) is 2.37. The van der Waals surface area contributed by atoms with Crippen LogP contribution in [-0.2, 0) is 11.2 Å². The number of aromatic nitrogens is 2. The van der Waals surface area contributed by atoms with Gasteiger partial charge >= 0.3 is 0 Å². The Bertz CT molecular complexity index is 1610. The molecule has 6 nitrogen and oxygen atoms in total. The zero-order valence-corrected chi connectivity index (χ0v) is 24.3. The highest BCUT2D eigenvalue weighted by atomic mass is 19.1. The van der Waals surface area contributed by atoms with E-state index in [0.717, 1.165) is 41.2 Å². The molecule has 2 heterocycles. The molecule has 43 heavy (non-hydrogen) atoms. The first-order chi connectivity index (χ1) is 20.6. The maximum Gasteiger partial charge on any atom is 0.230 e. The van der Waals surface area contributed by atoms with Crippen molar-refractivity contribution in [2.45, 2.75) is 52.6 Å². The van der Waals surface area contributed by atoms with Crippen LogP contribution >= 0.6 is 0 Å². The van der Waals surface area contributed by atoms with Gasteiger partial charge in [0.1, 0.15) is 34.9 Å². The molecule has 1 amide bonds. The first-order valence-electron chi connectivity index (χ1n) is 14.3. The second-order valence-electron chi connectivity index (χ2n) is 11.4. The molecule has 1 aliphatic rings. The average Bonchev–Trinajstić information content (AvgIpc) is 3.41. The summed E-state index contributed by atoms with van der Waals surface area (Å²) >= 11 is 0. The normalized spacial score (nSPS) is 14.5. The number of benzene rings is 3. The lowest BCUT2D eigenvalue weighted by Gasteiger charge is -2.27. The van der Waals surface area contributed by atoms with Crippen LogP contribution in [0, 0.1) is 29.8 Å². The molecule has 9 heteroatoms. The van der Waals surface area contributed by atoms with E-state index in [4.69, 9.17) is 9.47 Å². The summed E-state index contributed by atoms with van der Waals surface area (Å²) in [6, 6.07) is 17.0. The second-order valence-corrected chi connectivity index (χ2v) is 11.4. The number of carbonyl (C=O) groups is 1. The molecule has 1 unspecified atom stereocenters. The lowest BCUT2D eigenvalue weighted by atomic mass is 9.87. The van der Waals surface area contributed by atoms with Gasteiger partial charge < -0.3 is 19.8 Å². The number of imidazole rings is 1. The molecule has 3 aromatic carbocycles. The summed E-state index contributed by atoms with van der Waals surface area (Å²) in [7, 11) is 0. The predicted molar refractivity (Wildman–Crippen MR) is 160 cm³/mol. The van der Waals surface area contributed by atoms with Gasteiger partial charge in [0.2, 0.25) is 5.91 Å².